The number of aromatic nitrogens is 3. The molecule has 136 valence electrons. The lowest BCUT2D eigenvalue weighted by Crippen LogP contribution is -2.17. The van der Waals surface area contributed by atoms with E-state index >= 15 is 0 Å². The summed E-state index contributed by atoms with van der Waals surface area (Å²) in [6, 6.07) is 6.35. The Kier molecular flexibility index (Phi) is 5.35. The summed E-state index contributed by atoms with van der Waals surface area (Å²) in [6.45, 7) is 7.24. The maximum atomic E-state index is 4.58. The zero-order chi connectivity index (χ0) is 17.2. The number of H-pyrrole nitrogens is 1. The fourth-order valence-corrected chi connectivity index (χ4v) is 3.46. The number of hydrogen-bond acceptors (Lipinski definition) is 4. The van der Waals surface area contributed by atoms with Gasteiger partial charge < -0.3 is 21.1 Å². The SMILES string of the molecule is CCNCCCNc1nccc2c(C)c3[nH]c4ccncc4c3cc12.O. The predicted octanol–water partition coefficient (Wildman–Crippen LogP) is 3.16. The molecule has 0 fully saturated rings. The molecule has 0 spiro atoms. The van der Waals surface area contributed by atoms with E-state index in [1.807, 2.05) is 24.7 Å². The summed E-state index contributed by atoms with van der Waals surface area (Å²) in [5.41, 5.74) is 3.55. The van der Waals surface area contributed by atoms with E-state index in [2.05, 4.69) is 51.6 Å². The number of pyridine rings is 2. The zero-order valence-corrected chi connectivity index (χ0v) is 15.2. The first kappa shape index (κ1) is 18.1. The Bertz CT molecular complexity index is 1040. The van der Waals surface area contributed by atoms with Crippen LogP contribution in [0.2, 0.25) is 0 Å². The second kappa shape index (κ2) is 7.68. The van der Waals surface area contributed by atoms with Crippen LogP contribution in [0.25, 0.3) is 32.6 Å². The molecule has 5 N–H and O–H groups in total. The van der Waals surface area contributed by atoms with Crippen molar-refractivity contribution in [2.24, 2.45) is 0 Å². The van der Waals surface area contributed by atoms with E-state index in [9.17, 15) is 0 Å². The van der Waals surface area contributed by atoms with Crippen molar-refractivity contribution in [1.29, 1.82) is 0 Å². The number of anilines is 1. The third-order valence-electron chi connectivity index (χ3n) is 4.77. The molecule has 0 saturated heterocycles. The van der Waals surface area contributed by atoms with Gasteiger partial charge in [0.2, 0.25) is 0 Å². The van der Waals surface area contributed by atoms with Gasteiger partial charge in [-0.1, -0.05) is 6.92 Å². The largest absolute Gasteiger partial charge is 0.412 e. The summed E-state index contributed by atoms with van der Waals surface area (Å²) in [5, 5.41) is 11.6. The minimum Gasteiger partial charge on any atom is -0.412 e. The van der Waals surface area contributed by atoms with Crippen LogP contribution in [-0.4, -0.2) is 40.1 Å². The van der Waals surface area contributed by atoms with E-state index < -0.39 is 0 Å². The average Bonchev–Trinajstić information content (AvgIpc) is 3.01. The van der Waals surface area contributed by atoms with Gasteiger partial charge >= 0.3 is 0 Å². The molecule has 0 atom stereocenters. The van der Waals surface area contributed by atoms with Gasteiger partial charge in [-0.2, -0.15) is 0 Å². The number of rotatable bonds is 6. The summed E-state index contributed by atoms with van der Waals surface area (Å²) < 4.78 is 0. The maximum Gasteiger partial charge on any atom is 0.133 e. The lowest BCUT2D eigenvalue weighted by molar-refractivity contribution is 0.688. The molecule has 0 aliphatic heterocycles. The van der Waals surface area contributed by atoms with E-state index in [1.165, 1.54) is 27.2 Å². The highest BCUT2D eigenvalue weighted by Gasteiger charge is 2.12. The number of nitrogens with one attached hydrogen (secondary N) is 3. The van der Waals surface area contributed by atoms with E-state index in [0.29, 0.717) is 0 Å². The van der Waals surface area contributed by atoms with Crippen LogP contribution >= 0.6 is 0 Å². The van der Waals surface area contributed by atoms with E-state index in [1.54, 1.807) is 0 Å². The normalized spacial score (nSPS) is 11.2. The molecule has 1 aromatic carbocycles. The molecule has 6 heteroatoms. The van der Waals surface area contributed by atoms with Crippen LogP contribution in [0.3, 0.4) is 0 Å². The number of hydrogen-bond donors (Lipinski definition) is 3. The number of nitrogens with zero attached hydrogens (tertiary/aromatic N) is 2. The molecule has 0 unspecified atom stereocenters. The van der Waals surface area contributed by atoms with E-state index in [0.717, 1.165) is 42.8 Å². The average molecular weight is 351 g/mol. The molecule has 0 amide bonds. The van der Waals surface area contributed by atoms with E-state index in [4.69, 9.17) is 0 Å². The van der Waals surface area contributed by atoms with Crippen molar-refractivity contribution in [3.05, 3.63) is 42.4 Å². The first-order valence-corrected chi connectivity index (χ1v) is 8.88. The van der Waals surface area contributed by atoms with Crippen LogP contribution in [0, 0.1) is 6.92 Å². The molecule has 0 saturated carbocycles. The third-order valence-corrected chi connectivity index (χ3v) is 4.77. The monoisotopic (exact) mass is 351 g/mol. The minimum atomic E-state index is 0. The molecule has 0 bridgehead atoms. The van der Waals surface area contributed by atoms with Gasteiger partial charge in [0.1, 0.15) is 5.82 Å². The summed E-state index contributed by atoms with van der Waals surface area (Å²) in [5.74, 6) is 0.956. The number of aromatic amines is 1. The van der Waals surface area contributed by atoms with Gasteiger partial charge in [-0.25, -0.2) is 4.98 Å². The maximum absolute atomic E-state index is 4.58. The van der Waals surface area contributed by atoms with Crippen LogP contribution in [0.1, 0.15) is 18.9 Å². The molecule has 3 aromatic heterocycles. The molecule has 0 aliphatic rings. The number of benzene rings is 1. The second-order valence-electron chi connectivity index (χ2n) is 6.36. The molecule has 26 heavy (non-hydrogen) atoms. The van der Waals surface area contributed by atoms with E-state index in [-0.39, 0.29) is 5.48 Å². The highest BCUT2D eigenvalue weighted by molar-refractivity contribution is 6.15. The summed E-state index contributed by atoms with van der Waals surface area (Å²) >= 11 is 0. The fraction of sp³-hybridized carbons (Fsp3) is 0.300. The molecule has 4 aromatic rings. The topological polar surface area (TPSA) is 97.1 Å². The third kappa shape index (κ3) is 3.09. The number of fused-ring (bicyclic) bond motifs is 4. The van der Waals surface area contributed by atoms with Gasteiger partial charge in [-0.3, -0.25) is 4.98 Å². The van der Waals surface area contributed by atoms with Gasteiger partial charge in [-0.05, 0) is 55.6 Å². The minimum absolute atomic E-state index is 0. The highest BCUT2D eigenvalue weighted by Crippen LogP contribution is 2.34. The van der Waals surface area contributed by atoms with Crippen molar-refractivity contribution in [2.45, 2.75) is 20.3 Å². The molecule has 0 aliphatic carbocycles. The molecule has 3 heterocycles. The highest BCUT2D eigenvalue weighted by atomic mass is 16.0. The quantitative estimate of drug-likeness (QED) is 0.465. The molecular formula is C20H25N5O. The molecule has 4 rings (SSSR count). The predicted molar refractivity (Wildman–Crippen MR) is 109 cm³/mol. The Balaban J connectivity index is 0.00000196. The van der Waals surface area contributed by atoms with Crippen molar-refractivity contribution in [2.75, 3.05) is 25.0 Å². The second-order valence-corrected chi connectivity index (χ2v) is 6.36. The van der Waals surface area contributed by atoms with Gasteiger partial charge in [0.25, 0.3) is 0 Å². The Labute approximate surface area is 152 Å². The standard InChI is InChI=1S/C20H23N5.H2O/c1-3-21-7-4-8-23-20-16-11-15-17-12-22-9-6-18(17)25-19(15)13(2)14(16)5-10-24-20;/h5-6,9-12,21,25H,3-4,7-8H2,1-2H3,(H,23,24);1H2. The van der Waals surface area contributed by atoms with Gasteiger partial charge in [-0.15, -0.1) is 0 Å². The lowest BCUT2D eigenvalue weighted by atomic mass is 10.0. The first-order valence-electron chi connectivity index (χ1n) is 8.88. The van der Waals surface area contributed by atoms with Gasteiger partial charge in [0.05, 0.1) is 5.52 Å². The molecule has 0 radical (unpaired) electrons. The molecule has 6 nitrogen and oxygen atoms in total. The smallest absolute Gasteiger partial charge is 0.133 e. The summed E-state index contributed by atoms with van der Waals surface area (Å²) in [7, 11) is 0. The zero-order valence-electron chi connectivity index (χ0n) is 15.2. The van der Waals surface area contributed by atoms with Crippen LogP contribution in [0.15, 0.2) is 36.8 Å². The summed E-state index contributed by atoms with van der Waals surface area (Å²) in [4.78, 5) is 12.4. The Hall–Kier alpha value is -2.70. The fourth-order valence-electron chi connectivity index (χ4n) is 3.46. The first-order chi connectivity index (χ1) is 12.3. The Morgan fingerprint density at radius 2 is 1.92 bits per heavy atom. The number of aryl methyl sites for hydroxylation is 1. The van der Waals surface area contributed by atoms with Crippen molar-refractivity contribution < 1.29 is 5.48 Å². The van der Waals surface area contributed by atoms with Gasteiger partial charge in [0.15, 0.2) is 0 Å². The van der Waals surface area contributed by atoms with Crippen molar-refractivity contribution in [3.8, 4) is 0 Å². The Morgan fingerprint density at radius 1 is 1.04 bits per heavy atom. The van der Waals surface area contributed by atoms with Crippen LogP contribution in [-0.2, 0) is 0 Å². The van der Waals surface area contributed by atoms with Crippen molar-refractivity contribution >= 4 is 38.4 Å². The van der Waals surface area contributed by atoms with Crippen molar-refractivity contribution in [3.63, 3.8) is 0 Å². The van der Waals surface area contributed by atoms with Crippen LogP contribution < -0.4 is 10.6 Å². The molecular weight excluding hydrogens is 326 g/mol. The van der Waals surface area contributed by atoms with Crippen molar-refractivity contribution in [1.82, 2.24) is 20.3 Å². The lowest BCUT2D eigenvalue weighted by Gasteiger charge is -2.11. The Morgan fingerprint density at radius 3 is 2.77 bits per heavy atom. The summed E-state index contributed by atoms with van der Waals surface area (Å²) in [6.07, 6.45) is 6.72. The van der Waals surface area contributed by atoms with Gasteiger partial charge in [0, 0.05) is 46.8 Å². The van der Waals surface area contributed by atoms with Crippen LogP contribution in [0.5, 0.6) is 0 Å². The van der Waals surface area contributed by atoms with Crippen LogP contribution in [0.4, 0.5) is 5.82 Å².